The molecule has 2 aromatic heterocycles. The Morgan fingerprint density at radius 3 is 1.98 bits per heavy atom. The highest BCUT2D eigenvalue weighted by molar-refractivity contribution is 6.09. The molecule has 0 radical (unpaired) electrons. The topological polar surface area (TPSA) is 18.1 Å². The van der Waals surface area contributed by atoms with Crippen molar-refractivity contribution in [3.05, 3.63) is 223 Å². The van der Waals surface area contributed by atoms with E-state index in [1.807, 2.05) is 6.07 Å². The Kier molecular flexibility index (Phi) is 8.07. The minimum Gasteiger partial charge on any atom is -0.456 e. The van der Waals surface area contributed by atoms with Crippen LogP contribution in [0.5, 0.6) is 0 Å². The molecule has 0 N–H and O–H groups in total. The Morgan fingerprint density at radius 1 is 0.404 bits per heavy atom. The lowest BCUT2D eigenvalue weighted by Gasteiger charge is -2.20. The second-order valence-corrected chi connectivity index (χ2v) is 15.2. The van der Waals surface area contributed by atoms with Crippen LogP contribution in [0.4, 0.5) is 0 Å². The lowest BCUT2D eigenvalue weighted by Crippen LogP contribution is -2.04. The third kappa shape index (κ3) is 5.89. The maximum atomic E-state index is 6.28. The minimum atomic E-state index is 0.175. The highest BCUT2D eigenvalue weighted by atomic mass is 16.3. The SMILES string of the molecule is c1ccc(-n2c3ccccc3c3ccc(CCC(c4cccc(-c5ccc(-c6cccc7ccccc67)cc5)c4)c4ccc5oc6ccccc6c5c4)cc32)cc1. The van der Waals surface area contributed by atoms with E-state index in [4.69, 9.17) is 4.42 Å². The standard InChI is InChI=1S/C55H39NO/c1-2-16-44(17-3-1)56-52-22-8-6-19-48(52)49-32-25-37(34-53(49)56)24-31-45(43-30-33-55-51(36-43)50-20-7-9-23-54(50)57-55)42-15-10-14-41(35-42)38-26-28-40(29-27-38)47-21-11-13-39-12-4-5-18-46(39)47/h1-23,25-30,32-36,45H,24,31H2. The zero-order valence-electron chi connectivity index (χ0n) is 31.5. The van der Waals surface area contributed by atoms with E-state index in [1.165, 1.54) is 82.6 Å². The largest absolute Gasteiger partial charge is 0.456 e. The average molecular weight is 730 g/mol. The van der Waals surface area contributed by atoms with Gasteiger partial charge in [-0.3, -0.25) is 0 Å². The molecule has 2 heteroatoms. The van der Waals surface area contributed by atoms with Crippen molar-refractivity contribution in [3.8, 4) is 27.9 Å². The summed E-state index contributed by atoms with van der Waals surface area (Å²) < 4.78 is 8.69. The molecule has 1 atom stereocenters. The van der Waals surface area contributed by atoms with Gasteiger partial charge in [0, 0.05) is 33.2 Å². The second-order valence-electron chi connectivity index (χ2n) is 15.2. The van der Waals surface area contributed by atoms with Crippen molar-refractivity contribution >= 4 is 54.5 Å². The van der Waals surface area contributed by atoms with Crippen LogP contribution in [0.3, 0.4) is 0 Å². The third-order valence-electron chi connectivity index (χ3n) is 11.9. The summed E-state index contributed by atoms with van der Waals surface area (Å²) in [6.07, 6.45) is 1.90. The molecule has 0 aliphatic rings. The third-order valence-corrected chi connectivity index (χ3v) is 11.9. The molecule has 0 aliphatic carbocycles. The van der Waals surface area contributed by atoms with Crippen LogP contribution in [0.15, 0.2) is 211 Å². The molecule has 270 valence electrons. The van der Waals surface area contributed by atoms with Crippen LogP contribution in [-0.2, 0) is 6.42 Å². The quantitative estimate of drug-likeness (QED) is 0.152. The fourth-order valence-corrected chi connectivity index (χ4v) is 9.08. The molecule has 0 aliphatic heterocycles. The van der Waals surface area contributed by atoms with Crippen LogP contribution >= 0.6 is 0 Å². The molecule has 2 nitrogen and oxygen atoms in total. The summed E-state index contributed by atoms with van der Waals surface area (Å²) in [5.41, 5.74) is 14.4. The molecule has 0 bridgehead atoms. The highest BCUT2D eigenvalue weighted by Crippen LogP contribution is 2.39. The van der Waals surface area contributed by atoms with Crippen LogP contribution in [0, 0.1) is 0 Å². The van der Waals surface area contributed by atoms with Crippen LogP contribution in [0.2, 0.25) is 0 Å². The number of aromatic nitrogens is 1. The summed E-state index contributed by atoms with van der Waals surface area (Å²) in [5, 5.41) is 7.43. The smallest absolute Gasteiger partial charge is 0.135 e. The number of hydrogen-bond acceptors (Lipinski definition) is 1. The first-order valence-corrected chi connectivity index (χ1v) is 19.9. The molecule has 0 spiro atoms. The monoisotopic (exact) mass is 729 g/mol. The summed E-state index contributed by atoms with van der Waals surface area (Å²) in [6, 6.07) is 75.2. The molecular weight excluding hydrogens is 691 g/mol. The van der Waals surface area contributed by atoms with E-state index in [-0.39, 0.29) is 5.92 Å². The van der Waals surface area contributed by atoms with E-state index in [9.17, 15) is 0 Å². The van der Waals surface area contributed by atoms with Gasteiger partial charge in [-0.2, -0.15) is 0 Å². The van der Waals surface area contributed by atoms with Crippen molar-refractivity contribution in [2.24, 2.45) is 0 Å². The maximum absolute atomic E-state index is 6.28. The molecule has 0 saturated carbocycles. The first-order valence-electron chi connectivity index (χ1n) is 19.9. The minimum absolute atomic E-state index is 0.175. The molecule has 0 amide bonds. The Bertz CT molecular complexity index is 3230. The van der Waals surface area contributed by atoms with Crippen molar-refractivity contribution < 1.29 is 4.42 Å². The zero-order valence-corrected chi connectivity index (χ0v) is 31.5. The fraction of sp³-hybridized carbons (Fsp3) is 0.0545. The number of rotatable bonds is 8. The van der Waals surface area contributed by atoms with Crippen molar-refractivity contribution in [2.45, 2.75) is 18.8 Å². The van der Waals surface area contributed by atoms with Crippen molar-refractivity contribution in [3.63, 3.8) is 0 Å². The molecule has 0 fully saturated rings. The van der Waals surface area contributed by atoms with Gasteiger partial charge in [-0.05, 0) is 105 Å². The van der Waals surface area contributed by atoms with E-state index in [1.54, 1.807) is 0 Å². The fourth-order valence-electron chi connectivity index (χ4n) is 9.08. The van der Waals surface area contributed by atoms with Gasteiger partial charge in [0.2, 0.25) is 0 Å². The van der Waals surface area contributed by atoms with Gasteiger partial charge in [0.05, 0.1) is 11.0 Å². The number of para-hydroxylation sites is 3. The van der Waals surface area contributed by atoms with Gasteiger partial charge < -0.3 is 8.98 Å². The number of nitrogens with zero attached hydrogens (tertiary/aromatic N) is 1. The van der Waals surface area contributed by atoms with Crippen LogP contribution in [0.25, 0.3) is 82.5 Å². The van der Waals surface area contributed by atoms with Gasteiger partial charge in [-0.1, -0.05) is 164 Å². The predicted molar refractivity (Wildman–Crippen MR) is 239 cm³/mol. The first kappa shape index (κ1) is 33.2. The summed E-state index contributed by atoms with van der Waals surface area (Å²) in [7, 11) is 0. The van der Waals surface area contributed by atoms with Gasteiger partial charge in [-0.25, -0.2) is 0 Å². The lowest BCUT2D eigenvalue weighted by atomic mass is 9.84. The number of hydrogen-bond donors (Lipinski definition) is 0. The highest BCUT2D eigenvalue weighted by Gasteiger charge is 2.19. The average Bonchev–Trinajstić information content (AvgIpc) is 3.82. The maximum Gasteiger partial charge on any atom is 0.135 e. The van der Waals surface area contributed by atoms with E-state index >= 15 is 0 Å². The van der Waals surface area contributed by atoms with Gasteiger partial charge in [0.1, 0.15) is 11.2 Å². The Labute approximate surface area is 331 Å². The Morgan fingerprint density at radius 2 is 1.09 bits per heavy atom. The van der Waals surface area contributed by atoms with Crippen molar-refractivity contribution in [1.29, 1.82) is 0 Å². The summed E-state index contributed by atoms with van der Waals surface area (Å²) >= 11 is 0. The van der Waals surface area contributed by atoms with Crippen LogP contribution in [0.1, 0.15) is 29.0 Å². The molecule has 11 aromatic rings. The molecular formula is C55H39NO. The van der Waals surface area contributed by atoms with E-state index < -0.39 is 0 Å². The summed E-state index contributed by atoms with van der Waals surface area (Å²) in [5.74, 6) is 0.175. The lowest BCUT2D eigenvalue weighted by molar-refractivity contribution is 0.668. The summed E-state index contributed by atoms with van der Waals surface area (Å²) in [4.78, 5) is 0. The normalized spacial score (nSPS) is 12.3. The zero-order chi connectivity index (χ0) is 37.7. The number of fused-ring (bicyclic) bond motifs is 7. The Hall–Kier alpha value is -7.16. The molecule has 0 saturated heterocycles. The molecule has 9 aromatic carbocycles. The van der Waals surface area contributed by atoms with Gasteiger partial charge in [-0.15, -0.1) is 0 Å². The van der Waals surface area contributed by atoms with Crippen molar-refractivity contribution in [1.82, 2.24) is 4.57 Å². The number of furan rings is 1. The second kappa shape index (κ2) is 13.8. The van der Waals surface area contributed by atoms with Crippen molar-refractivity contribution in [2.75, 3.05) is 0 Å². The molecule has 57 heavy (non-hydrogen) atoms. The predicted octanol–water partition coefficient (Wildman–Crippen LogP) is 14.9. The first-order chi connectivity index (χ1) is 28.2. The van der Waals surface area contributed by atoms with Gasteiger partial charge in [0.15, 0.2) is 0 Å². The van der Waals surface area contributed by atoms with E-state index in [2.05, 4.69) is 205 Å². The summed E-state index contributed by atoms with van der Waals surface area (Å²) in [6.45, 7) is 0. The Balaban J connectivity index is 0.980. The van der Waals surface area contributed by atoms with E-state index in [0.717, 1.165) is 29.4 Å². The molecule has 11 rings (SSSR count). The van der Waals surface area contributed by atoms with Gasteiger partial charge >= 0.3 is 0 Å². The van der Waals surface area contributed by atoms with Crippen LogP contribution < -0.4 is 0 Å². The molecule has 1 unspecified atom stereocenters. The number of aryl methyl sites for hydroxylation is 1. The van der Waals surface area contributed by atoms with Gasteiger partial charge in [0.25, 0.3) is 0 Å². The molecule has 2 heterocycles. The van der Waals surface area contributed by atoms with E-state index in [0.29, 0.717) is 0 Å². The number of benzene rings is 9. The van der Waals surface area contributed by atoms with Crippen LogP contribution in [-0.4, -0.2) is 4.57 Å².